The van der Waals surface area contributed by atoms with Crippen molar-refractivity contribution < 1.29 is 9.72 Å². The molecule has 1 aliphatic rings. The summed E-state index contributed by atoms with van der Waals surface area (Å²) in [4.78, 5) is 40.5. The number of carbonyl (C=O) groups is 1. The van der Waals surface area contributed by atoms with Crippen molar-refractivity contribution in [3.05, 3.63) is 81.5 Å². The van der Waals surface area contributed by atoms with Crippen molar-refractivity contribution in [2.75, 3.05) is 43.0 Å². The highest BCUT2D eigenvalue weighted by atomic mass is 32.1. The highest BCUT2D eigenvalue weighted by Gasteiger charge is 2.27. The first-order chi connectivity index (χ1) is 16.9. The number of para-hydroxylation sites is 1. The van der Waals surface area contributed by atoms with Crippen LogP contribution in [0.4, 0.5) is 22.9 Å². The molecule has 10 heteroatoms. The summed E-state index contributed by atoms with van der Waals surface area (Å²) in [6.07, 6.45) is 1.55. The third-order valence-corrected chi connectivity index (χ3v) is 7.54. The van der Waals surface area contributed by atoms with Crippen LogP contribution in [0, 0.1) is 17.0 Å². The lowest BCUT2D eigenvalue weighted by Crippen LogP contribution is -2.48. The molecule has 2 aromatic carbocycles. The second-order valence-corrected chi connectivity index (χ2v) is 9.38. The standard InChI is InChI=1S/C25H24N6O3S/c1-17-21-23(28(2)18-6-4-3-5-7-18)26-16-27-24(21)35-22(17)25(32)30-14-12-29(13-15-30)19-8-10-20(11-9-19)31(33)34/h3-11,16H,12-15H2,1-2H3. The zero-order valence-electron chi connectivity index (χ0n) is 19.4. The van der Waals surface area contributed by atoms with E-state index in [1.807, 2.05) is 54.1 Å². The maximum absolute atomic E-state index is 13.5. The molecule has 0 atom stereocenters. The van der Waals surface area contributed by atoms with Gasteiger partial charge in [0, 0.05) is 56.7 Å². The molecule has 1 aliphatic heterocycles. The molecule has 1 saturated heterocycles. The summed E-state index contributed by atoms with van der Waals surface area (Å²) in [6, 6.07) is 16.5. The van der Waals surface area contributed by atoms with Crippen LogP contribution in [0.5, 0.6) is 0 Å². The van der Waals surface area contributed by atoms with Crippen LogP contribution in [-0.2, 0) is 0 Å². The zero-order valence-corrected chi connectivity index (χ0v) is 20.2. The molecular formula is C25H24N6O3S. The molecule has 0 bridgehead atoms. The third kappa shape index (κ3) is 4.28. The quantitative estimate of drug-likeness (QED) is 0.298. The minimum atomic E-state index is -0.402. The van der Waals surface area contributed by atoms with E-state index in [1.165, 1.54) is 23.5 Å². The SMILES string of the molecule is Cc1c(C(=O)N2CCN(c3ccc([N+](=O)[O-])cc3)CC2)sc2ncnc(N(C)c3ccccc3)c12. The zero-order chi connectivity index (χ0) is 24.5. The van der Waals surface area contributed by atoms with Crippen molar-refractivity contribution in [2.24, 2.45) is 0 Å². The molecule has 0 saturated carbocycles. The van der Waals surface area contributed by atoms with Gasteiger partial charge >= 0.3 is 0 Å². The van der Waals surface area contributed by atoms with Crippen molar-refractivity contribution >= 4 is 50.3 Å². The average Bonchev–Trinajstić information content (AvgIpc) is 3.25. The molecule has 0 radical (unpaired) electrons. The largest absolute Gasteiger partial charge is 0.368 e. The van der Waals surface area contributed by atoms with Crippen molar-refractivity contribution in [1.29, 1.82) is 0 Å². The number of hydrogen-bond donors (Lipinski definition) is 0. The number of nitrogens with zero attached hydrogens (tertiary/aromatic N) is 6. The number of fused-ring (bicyclic) bond motifs is 1. The van der Waals surface area contributed by atoms with Gasteiger partial charge in [0.25, 0.3) is 11.6 Å². The Morgan fingerprint density at radius 1 is 1.03 bits per heavy atom. The number of aromatic nitrogens is 2. The van der Waals surface area contributed by atoms with Gasteiger partial charge < -0.3 is 14.7 Å². The number of non-ortho nitro benzene ring substituents is 1. The number of thiophene rings is 1. The molecule has 0 N–H and O–H groups in total. The first-order valence-electron chi connectivity index (χ1n) is 11.3. The highest BCUT2D eigenvalue weighted by Crippen LogP contribution is 2.37. The molecule has 2 aromatic heterocycles. The molecular weight excluding hydrogens is 464 g/mol. The average molecular weight is 489 g/mol. The lowest BCUT2D eigenvalue weighted by Gasteiger charge is -2.36. The van der Waals surface area contributed by atoms with E-state index in [2.05, 4.69) is 14.9 Å². The number of anilines is 3. The fraction of sp³-hybridized carbons (Fsp3) is 0.240. The van der Waals surface area contributed by atoms with E-state index in [0.717, 1.165) is 33.0 Å². The van der Waals surface area contributed by atoms with Gasteiger partial charge in [0.2, 0.25) is 0 Å². The van der Waals surface area contributed by atoms with Gasteiger partial charge in [-0.15, -0.1) is 11.3 Å². The van der Waals surface area contributed by atoms with E-state index in [1.54, 1.807) is 18.5 Å². The molecule has 1 fully saturated rings. The minimum Gasteiger partial charge on any atom is -0.368 e. The van der Waals surface area contributed by atoms with E-state index >= 15 is 0 Å². The van der Waals surface area contributed by atoms with E-state index in [9.17, 15) is 14.9 Å². The number of benzene rings is 2. The fourth-order valence-corrected chi connectivity index (χ4v) is 5.49. The number of carbonyl (C=O) groups excluding carboxylic acids is 1. The first-order valence-corrected chi connectivity index (χ1v) is 12.1. The Balaban J connectivity index is 1.35. The van der Waals surface area contributed by atoms with Crippen molar-refractivity contribution in [3.8, 4) is 0 Å². The van der Waals surface area contributed by atoms with Gasteiger partial charge in [0.05, 0.1) is 15.2 Å². The summed E-state index contributed by atoms with van der Waals surface area (Å²) >= 11 is 1.41. The summed E-state index contributed by atoms with van der Waals surface area (Å²) in [5.41, 5.74) is 2.90. The van der Waals surface area contributed by atoms with Crippen LogP contribution in [-0.4, -0.2) is 58.9 Å². The smallest absolute Gasteiger partial charge is 0.269 e. The second kappa shape index (κ2) is 9.30. The normalized spacial score (nSPS) is 13.8. The van der Waals surface area contributed by atoms with Crippen LogP contribution in [0.3, 0.4) is 0 Å². The summed E-state index contributed by atoms with van der Waals surface area (Å²) in [5.74, 6) is 0.777. The lowest BCUT2D eigenvalue weighted by atomic mass is 10.1. The minimum absolute atomic E-state index is 0.00200. The van der Waals surface area contributed by atoms with Gasteiger partial charge in [-0.05, 0) is 36.8 Å². The predicted molar refractivity (Wildman–Crippen MR) is 138 cm³/mol. The van der Waals surface area contributed by atoms with Crippen LogP contribution in [0.2, 0.25) is 0 Å². The number of rotatable bonds is 5. The maximum atomic E-state index is 13.5. The Morgan fingerprint density at radius 3 is 2.37 bits per heavy atom. The first kappa shape index (κ1) is 22.7. The van der Waals surface area contributed by atoms with Gasteiger partial charge in [0.1, 0.15) is 17.0 Å². The summed E-state index contributed by atoms with van der Waals surface area (Å²) in [6.45, 7) is 4.44. The monoisotopic (exact) mass is 488 g/mol. The van der Waals surface area contributed by atoms with Gasteiger partial charge in [0.15, 0.2) is 0 Å². The van der Waals surface area contributed by atoms with E-state index in [0.29, 0.717) is 31.1 Å². The summed E-state index contributed by atoms with van der Waals surface area (Å²) < 4.78 is 0. The number of nitro groups is 1. The number of piperazine rings is 1. The van der Waals surface area contributed by atoms with E-state index in [-0.39, 0.29) is 11.6 Å². The van der Waals surface area contributed by atoms with Crippen LogP contribution >= 0.6 is 11.3 Å². The molecule has 35 heavy (non-hydrogen) atoms. The Morgan fingerprint density at radius 2 is 1.71 bits per heavy atom. The highest BCUT2D eigenvalue weighted by molar-refractivity contribution is 7.20. The van der Waals surface area contributed by atoms with E-state index in [4.69, 9.17) is 0 Å². The fourth-order valence-electron chi connectivity index (χ4n) is 4.38. The molecule has 9 nitrogen and oxygen atoms in total. The molecule has 1 amide bonds. The predicted octanol–water partition coefficient (Wildman–Crippen LogP) is 4.64. The molecule has 4 aromatic rings. The Bertz CT molecular complexity index is 1380. The topological polar surface area (TPSA) is 95.7 Å². The molecule has 178 valence electrons. The molecule has 0 aliphatic carbocycles. The Hall–Kier alpha value is -4.05. The Labute approximate surface area is 206 Å². The Kier molecular flexibility index (Phi) is 6.04. The number of amides is 1. The molecule has 5 rings (SSSR count). The van der Waals surface area contributed by atoms with Crippen molar-refractivity contribution in [1.82, 2.24) is 14.9 Å². The van der Waals surface area contributed by atoms with Gasteiger partial charge in [-0.1, -0.05) is 18.2 Å². The molecule has 3 heterocycles. The van der Waals surface area contributed by atoms with Crippen molar-refractivity contribution in [3.63, 3.8) is 0 Å². The van der Waals surface area contributed by atoms with E-state index < -0.39 is 4.92 Å². The van der Waals surface area contributed by atoms with Crippen LogP contribution in [0.25, 0.3) is 10.2 Å². The summed E-state index contributed by atoms with van der Waals surface area (Å²) in [7, 11) is 1.97. The van der Waals surface area contributed by atoms with Crippen molar-refractivity contribution in [2.45, 2.75) is 6.92 Å². The lowest BCUT2D eigenvalue weighted by molar-refractivity contribution is -0.384. The number of hydrogen-bond acceptors (Lipinski definition) is 8. The maximum Gasteiger partial charge on any atom is 0.269 e. The van der Waals surface area contributed by atoms with Crippen LogP contribution < -0.4 is 9.80 Å². The van der Waals surface area contributed by atoms with Crippen LogP contribution in [0.1, 0.15) is 15.2 Å². The molecule has 0 unspecified atom stereocenters. The number of aryl methyl sites for hydroxylation is 1. The van der Waals surface area contributed by atoms with Crippen LogP contribution in [0.15, 0.2) is 60.9 Å². The van der Waals surface area contributed by atoms with Gasteiger partial charge in [-0.3, -0.25) is 14.9 Å². The third-order valence-electron chi connectivity index (χ3n) is 6.35. The number of nitro benzene ring substituents is 1. The van der Waals surface area contributed by atoms with Gasteiger partial charge in [-0.25, -0.2) is 9.97 Å². The van der Waals surface area contributed by atoms with Gasteiger partial charge in [-0.2, -0.15) is 0 Å². The summed E-state index contributed by atoms with van der Waals surface area (Å²) in [5, 5.41) is 11.8. The second-order valence-electron chi connectivity index (χ2n) is 8.38. The molecule has 0 spiro atoms.